The minimum absolute atomic E-state index is 0. The van der Waals surface area contributed by atoms with Gasteiger partial charge in [-0.25, -0.2) is 0 Å². The maximum Gasteiger partial charge on any atom is 4.00 e. The van der Waals surface area contributed by atoms with Gasteiger partial charge in [-0.05, 0) is 93.9 Å². The monoisotopic (exact) mass is 624 g/mol. The number of nitrogens with one attached hydrogen (secondary N) is 1. The van der Waals surface area contributed by atoms with E-state index in [2.05, 4.69) is 72.7 Å². The molecule has 0 bridgehead atoms. The second-order valence-corrected chi connectivity index (χ2v) is 25.7. The van der Waals surface area contributed by atoms with E-state index in [4.69, 9.17) is 4.98 Å². The van der Waals surface area contributed by atoms with Crippen molar-refractivity contribution in [2.45, 2.75) is 167 Å². The fourth-order valence-electron chi connectivity index (χ4n) is 10.6. The molecule has 8 unspecified atom stereocenters. The second kappa shape index (κ2) is 15.4. The Morgan fingerprint density at radius 3 is 1.40 bits per heavy atom. The van der Waals surface area contributed by atoms with Gasteiger partial charge in [0.25, 0.3) is 0 Å². The molecule has 0 amide bonds. The van der Waals surface area contributed by atoms with Gasteiger partial charge in [-0.3, -0.25) is 0 Å². The van der Waals surface area contributed by atoms with Crippen LogP contribution in [0.15, 0.2) is 0 Å². The Morgan fingerprint density at radius 2 is 1.00 bits per heavy atom. The predicted molar refractivity (Wildman–Crippen MR) is 184 cm³/mol. The van der Waals surface area contributed by atoms with Crippen LogP contribution in [0.3, 0.4) is 0 Å². The van der Waals surface area contributed by atoms with Gasteiger partial charge >= 0.3 is 21.7 Å². The SMILES string of the molecule is CC(C)(C)[N-][Si](C)(C)C1CC(CCC2CC([Si](C)(C)NC(C)(C)C)C3CCCCC23)C2CCCCC21.[CH3-].[CH3-].[CH3-].[Ti+4]. The van der Waals surface area contributed by atoms with Crippen molar-refractivity contribution in [3.63, 3.8) is 0 Å². The molecule has 0 aromatic rings. The summed E-state index contributed by atoms with van der Waals surface area (Å²) in [5.74, 6) is 6.10. The zero-order valence-electron chi connectivity index (χ0n) is 29.6. The molecule has 4 rings (SSSR count). The van der Waals surface area contributed by atoms with E-state index in [1.165, 1.54) is 70.6 Å². The fraction of sp³-hybridized carbons (Fsp3) is 0.914. The van der Waals surface area contributed by atoms with Gasteiger partial charge in [-0.15, -0.1) is 5.54 Å². The van der Waals surface area contributed by atoms with Crippen molar-refractivity contribution in [2.75, 3.05) is 0 Å². The van der Waals surface area contributed by atoms with Gasteiger partial charge in [-0.1, -0.05) is 106 Å². The number of hydrogen-bond donors (Lipinski definition) is 1. The van der Waals surface area contributed by atoms with E-state index >= 15 is 0 Å². The summed E-state index contributed by atoms with van der Waals surface area (Å²) >= 11 is 0. The Bertz CT molecular complexity index is 679. The molecular formula is C35H72N2Si2Ti. The molecule has 2 nitrogen and oxygen atoms in total. The maximum atomic E-state index is 5.54. The van der Waals surface area contributed by atoms with Crippen molar-refractivity contribution in [3.05, 3.63) is 27.3 Å². The number of fused-ring (bicyclic) bond motifs is 2. The molecule has 4 saturated carbocycles. The van der Waals surface area contributed by atoms with Crippen LogP contribution in [0.2, 0.25) is 37.3 Å². The first-order valence-corrected chi connectivity index (χ1v) is 22.2. The van der Waals surface area contributed by atoms with Gasteiger partial charge in [0.15, 0.2) is 0 Å². The van der Waals surface area contributed by atoms with E-state index < -0.39 is 16.5 Å². The summed E-state index contributed by atoms with van der Waals surface area (Å²) in [6.45, 7) is 24.7. The molecule has 0 aromatic carbocycles. The maximum absolute atomic E-state index is 5.54. The van der Waals surface area contributed by atoms with Gasteiger partial charge in [-0.2, -0.15) is 0 Å². The second-order valence-electron chi connectivity index (χ2n) is 17.0. The summed E-state index contributed by atoms with van der Waals surface area (Å²) in [7, 11) is -3.04. The first-order chi connectivity index (χ1) is 16.6. The fourth-order valence-corrected chi connectivity index (χ4v) is 19.4. The summed E-state index contributed by atoms with van der Waals surface area (Å²) in [6, 6.07) is 0. The van der Waals surface area contributed by atoms with Gasteiger partial charge in [0.2, 0.25) is 0 Å². The first kappa shape index (κ1) is 41.1. The van der Waals surface area contributed by atoms with Crippen LogP contribution in [0.4, 0.5) is 0 Å². The molecule has 0 heterocycles. The van der Waals surface area contributed by atoms with Gasteiger partial charge in [0, 0.05) is 5.54 Å². The van der Waals surface area contributed by atoms with Crippen molar-refractivity contribution in [3.8, 4) is 0 Å². The van der Waals surface area contributed by atoms with Crippen molar-refractivity contribution in [2.24, 2.45) is 35.5 Å². The molecule has 4 fully saturated rings. The van der Waals surface area contributed by atoms with Gasteiger partial charge < -0.3 is 32.2 Å². The standard InChI is InChI=1S/C32H63N2Si2.3CH3.Ti/c1-31(2,3)33-35(7,8)29-21-23(25-15-11-13-17-27(25)29)19-20-24-22-30(28-18-14-12-16-26(24)28)36(9,10)34-32(4,5)6;;;;/h23-30,33H,11-22H2,1-10H3;3*1H3;/q4*-1;+4. The molecule has 0 aromatic heterocycles. The Kier molecular flexibility index (Phi) is 15.8. The average Bonchev–Trinajstić information content (AvgIpc) is 3.28. The summed E-state index contributed by atoms with van der Waals surface area (Å²) in [5.41, 5.74) is 2.31. The summed E-state index contributed by atoms with van der Waals surface area (Å²) in [5, 5.41) is 0. The van der Waals surface area contributed by atoms with E-state index in [1.54, 1.807) is 6.42 Å². The van der Waals surface area contributed by atoms with E-state index in [1.807, 2.05) is 0 Å². The summed E-state index contributed by atoms with van der Waals surface area (Å²) < 4.78 is 0. The average molecular weight is 625 g/mol. The molecule has 40 heavy (non-hydrogen) atoms. The quantitative estimate of drug-likeness (QED) is 0.221. The number of rotatable bonds is 7. The van der Waals surface area contributed by atoms with Crippen LogP contribution in [0.25, 0.3) is 4.98 Å². The molecule has 8 atom stereocenters. The number of nitrogens with zero attached hydrogens (tertiary/aromatic N) is 1. The number of hydrogen-bond acceptors (Lipinski definition) is 1. The smallest absolute Gasteiger partial charge is 0.660 e. The van der Waals surface area contributed by atoms with Crippen molar-refractivity contribution < 1.29 is 21.7 Å². The molecule has 234 valence electrons. The normalized spacial score (nSPS) is 34.4. The molecule has 4 aliphatic carbocycles. The largest absolute Gasteiger partial charge is 4.00 e. The minimum atomic E-state index is -1.58. The van der Waals surface area contributed by atoms with E-state index in [0.717, 1.165) is 46.6 Å². The van der Waals surface area contributed by atoms with Crippen molar-refractivity contribution >= 4 is 16.5 Å². The van der Waals surface area contributed by atoms with Crippen LogP contribution in [-0.2, 0) is 21.7 Å². The van der Waals surface area contributed by atoms with Crippen LogP contribution >= 0.6 is 0 Å². The molecule has 4 aliphatic rings. The van der Waals surface area contributed by atoms with E-state index in [-0.39, 0.29) is 55.1 Å². The van der Waals surface area contributed by atoms with Crippen LogP contribution in [0.1, 0.15) is 119 Å². The summed E-state index contributed by atoms with van der Waals surface area (Å²) in [4.78, 5) is 9.74. The van der Waals surface area contributed by atoms with Crippen molar-refractivity contribution in [1.29, 1.82) is 0 Å². The zero-order valence-corrected chi connectivity index (χ0v) is 33.1. The first-order valence-electron chi connectivity index (χ1n) is 16.1. The van der Waals surface area contributed by atoms with Crippen molar-refractivity contribution in [1.82, 2.24) is 4.98 Å². The molecule has 0 aliphatic heterocycles. The molecule has 0 spiro atoms. The topological polar surface area (TPSA) is 26.1 Å². The molecular weight excluding hydrogens is 552 g/mol. The van der Waals surface area contributed by atoms with Crippen LogP contribution in [0, 0.1) is 57.8 Å². The van der Waals surface area contributed by atoms with Gasteiger partial charge in [0.1, 0.15) is 8.24 Å². The summed E-state index contributed by atoms with van der Waals surface area (Å²) in [6.07, 6.45) is 18.2. The van der Waals surface area contributed by atoms with Gasteiger partial charge in [0.05, 0.1) is 0 Å². The predicted octanol–water partition coefficient (Wildman–Crippen LogP) is 11.5. The molecule has 0 saturated heterocycles. The van der Waals surface area contributed by atoms with E-state index in [0.29, 0.717) is 0 Å². The minimum Gasteiger partial charge on any atom is -0.660 e. The van der Waals surface area contributed by atoms with Crippen LogP contribution in [-0.4, -0.2) is 27.5 Å². The Labute approximate surface area is 271 Å². The Morgan fingerprint density at radius 1 is 0.625 bits per heavy atom. The third-order valence-electron chi connectivity index (χ3n) is 11.2. The molecule has 1 N–H and O–H groups in total. The Balaban J connectivity index is 0.00000380. The van der Waals surface area contributed by atoms with Crippen LogP contribution < -0.4 is 4.98 Å². The van der Waals surface area contributed by atoms with E-state index in [9.17, 15) is 0 Å². The zero-order chi connectivity index (χ0) is 26.5. The molecule has 5 heteroatoms. The third-order valence-corrected chi connectivity index (χ3v) is 18.8. The third kappa shape index (κ3) is 9.78. The molecule has 0 radical (unpaired) electrons. The van der Waals surface area contributed by atoms with Crippen LogP contribution in [0.5, 0.6) is 0 Å². The Hall–Kier alpha value is 1.07.